The predicted molar refractivity (Wildman–Crippen MR) is 61.6 cm³/mol. The molecule has 1 heterocycles. The van der Waals surface area contributed by atoms with Crippen molar-refractivity contribution in [2.75, 3.05) is 17.6 Å². The second kappa shape index (κ2) is 4.86. The maximum atomic E-state index is 5.75. The molecule has 0 saturated carbocycles. The molecule has 76 valence electrons. The van der Waals surface area contributed by atoms with Crippen LogP contribution < -0.4 is 11.1 Å². The molecule has 4 heteroatoms. The van der Waals surface area contributed by atoms with E-state index in [-0.39, 0.29) is 0 Å². The molecule has 0 amide bonds. The smallest absolute Gasteiger partial charge is 0.133 e. The number of nitrogens with one attached hydrogen (secondary N) is 1. The summed E-state index contributed by atoms with van der Waals surface area (Å²) in [6.07, 6.45) is 2.07. The van der Waals surface area contributed by atoms with Gasteiger partial charge in [-0.15, -0.1) is 0 Å². The van der Waals surface area contributed by atoms with Crippen molar-refractivity contribution >= 4 is 23.1 Å². The minimum absolute atomic E-state index is 0.407. The van der Waals surface area contributed by atoms with E-state index in [0.717, 1.165) is 6.54 Å². The van der Waals surface area contributed by atoms with Gasteiger partial charge in [0.1, 0.15) is 11.0 Å². The molecule has 0 fully saturated rings. The third-order valence-corrected chi connectivity index (χ3v) is 1.80. The van der Waals surface area contributed by atoms with Crippen molar-refractivity contribution < 1.29 is 0 Å². The first kappa shape index (κ1) is 10.9. The van der Waals surface area contributed by atoms with Crippen LogP contribution in [0, 0.1) is 0 Å². The molecule has 0 unspecified atom stereocenters. The first-order valence-electron chi connectivity index (χ1n) is 4.38. The van der Waals surface area contributed by atoms with Crippen LogP contribution in [-0.4, -0.2) is 11.5 Å². The van der Waals surface area contributed by atoms with E-state index >= 15 is 0 Å². The molecule has 0 aromatic carbocycles. The van der Waals surface area contributed by atoms with E-state index in [1.54, 1.807) is 12.1 Å². The van der Waals surface area contributed by atoms with E-state index in [9.17, 15) is 0 Å². The summed E-state index contributed by atoms with van der Waals surface area (Å²) in [5.74, 6) is 0.701. The number of allylic oxidation sites excluding steroid dienone is 1. The van der Waals surface area contributed by atoms with Gasteiger partial charge >= 0.3 is 0 Å². The Kier molecular flexibility index (Phi) is 3.77. The second-order valence-corrected chi connectivity index (χ2v) is 3.66. The third-order valence-electron chi connectivity index (χ3n) is 1.61. The maximum absolute atomic E-state index is 5.75. The Bertz CT molecular complexity index is 323. The van der Waals surface area contributed by atoms with Crippen LogP contribution in [0.1, 0.15) is 13.8 Å². The van der Waals surface area contributed by atoms with Crippen molar-refractivity contribution in [3.8, 4) is 0 Å². The maximum Gasteiger partial charge on any atom is 0.133 e. The van der Waals surface area contributed by atoms with Gasteiger partial charge in [-0.1, -0.05) is 23.3 Å². The number of halogens is 1. The Morgan fingerprint density at radius 3 is 2.86 bits per heavy atom. The number of hydrogen-bond acceptors (Lipinski definition) is 3. The number of rotatable bonds is 3. The monoisotopic (exact) mass is 211 g/mol. The normalized spacial score (nSPS) is 9.64. The molecule has 0 aliphatic carbocycles. The van der Waals surface area contributed by atoms with Gasteiger partial charge < -0.3 is 11.1 Å². The summed E-state index contributed by atoms with van der Waals surface area (Å²) < 4.78 is 0. The highest BCUT2D eigenvalue weighted by molar-refractivity contribution is 6.29. The van der Waals surface area contributed by atoms with E-state index in [1.165, 1.54) is 5.57 Å². The summed E-state index contributed by atoms with van der Waals surface area (Å²) in [6.45, 7) is 4.82. The largest absolute Gasteiger partial charge is 0.399 e. The van der Waals surface area contributed by atoms with Crippen LogP contribution in [0.5, 0.6) is 0 Å². The lowest BCUT2D eigenvalue weighted by Crippen LogP contribution is -2.02. The number of aromatic nitrogens is 1. The zero-order valence-electron chi connectivity index (χ0n) is 8.34. The van der Waals surface area contributed by atoms with Gasteiger partial charge in [0.05, 0.1) is 0 Å². The summed E-state index contributed by atoms with van der Waals surface area (Å²) in [7, 11) is 0. The number of nitrogens with two attached hydrogens (primary N) is 1. The molecule has 1 rings (SSSR count). The molecule has 1 aromatic heterocycles. The van der Waals surface area contributed by atoms with E-state index < -0.39 is 0 Å². The van der Waals surface area contributed by atoms with E-state index in [1.807, 2.05) is 13.8 Å². The average molecular weight is 212 g/mol. The Morgan fingerprint density at radius 2 is 2.29 bits per heavy atom. The lowest BCUT2D eigenvalue weighted by Gasteiger charge is -2.04. The summed E-state index contributed by atoms with van der Waals surface area (Å²) >= 11 is 5.75. The summed E-state index contributed by atoms with van der Waals surface area (Å²) in [5, 5.41) is 3.51. The number of anilines is 2. The summed E-state index contributed by atoms with van der Waals surface area (Å²) in [6, 6.07) is 3.37. The molecule has 0 aliphatic heterocycles. The van der Waals surface area contributed by atoms with Gasteiger partial charge in [0.25, 0.3) is 0 Å². The summed E-state index contributed by atoms with van der Waals surface area (Å²) in [5.41, 5.74) is 7.48. The number of pyridine rings is 1. The van der Waals surface area contributed by atoms with E-state index in [0.29, 0.717) is 16.7 Å². The van der Waals surface area contributed by atoms with E-state index in [4.69, 9.17) is 17.3 Å². The first-order chi connectivity index (χ1) is 6.58. The molecule has 0 spiro atoms. The molecule has 3 nitrogen and oxygen atoms in total. The fraction of sp³-hybridized carbons (Fsp3) is 0.300. The molecule has 14 heavy (non-hydrogen) atoms. The van der Waals surface area contributed by atoms with Crippen LogP contribution in [0.2, 0.25) is 5.15 Å². The van der Waals surface area contributed by atoms with Crippen LogP contribution in [0.4, 0.5) is 11.5 Å². The van der Waals surface area contributed by atoms with Crippen molar-refractivity contribution in [2.24, 2.45) is 0 Å². The van der Waals surface area contributed by atoms with Crippen molar-refractivity contribution in [1.82, 2.24) is 4.98 Å². The highest BCUT2D eigenvalue weighted by atomic mass is 35.5. The van der Waals surface area contributed by atoms with Gasteiger partial charge in [-0.2, -0.15) is 0 Å². The highest BCUT2D eigenvalue weighted by Crippen LogP contribution is 2.15. The number of hydrogen-bond donors (Lipinski definition) is 2. The van der Waals surface area contributed by atoms with Gasteiger partial charge in [-0.3, -0.25) is 0 Å². The lowest BCUT2D eigenvalue weighted by molar-refractivity contribution is 1.20. The Hall–Kier alpha value is -1.22. The molecule has 0 saturated heterocycles. The molecule has 3 N–H and O–H groups in total. The van der Waals surface area contributed by atoms with Gasteiger partial charge in [-0.25, -0.2) is 4.98 Å². The molecular weight excluding hydrogens is 198 g/mol. The van der Waals surface area contributed by atoms with Gasteiger partial charge in [0.2, 0.25) is 0 Å². The van der Waals surface area contributed by atoms with E-state index in [2.05, 4.69) is 16.4 Å². The third kappa shape index (κ3) is 3.66. The van der Waals surface area contributed by atoms with Crippen LogP contribution in [-0.2, 0) is 0 Å². The zero-order valence-corrected chi connectivity index (χ0v) is 9.10. The quantitative estimate of drug-likeness (QED) is 0.597. The minimum Gasteiger partial charge on any atom is -0.399 e. The van der Waals surface area contributed by atoms with Gasteiger partial charge in [0.15, 0.2) is 0 Å². The molecule has 0 aliphatic rings. The molecule has 0 radical (unpaired) electrons. The first-order valence-corrected chi connectivity index (χ1v) is 4.76. The number of nitrogen functional groups attached to an aromatic ring is 1. The van der Waals surface area contributed by atoms with Crippen molar-refractivity contribution in [1.29, 1.82) is 0 Å². The topological polar surface area (TPSA) is 50.9 Å². The summed E-state index contributed by atoms with van der Waals surface area (Å²) in [4.78, 5) is 4.08. The standard InChI is InChI=1S/C10H14ClN3/c1-7(2)3-4-13-10-6-8(12)5-9(11)14-10/h3,5-6H,4H2,1-2H3,(H3,12,13,14). The lowest BCUT2D eigenvalue weighted by atomic mass is 10.3. The van der Waals surface area contributed by atoms with Crippen LogP contribution in [0.3, 0.4) is 0 Å². The average Bonchev–Trinajstić information content (AvgIpc) is 2.01. The Balaban J connectivity index is 2.63. The van der Waals surface area contributed by atoms with Gasteiger partial charge in [0, 0.05) is 18.3 Å². The molecule has 1 aromatic rings. The SMILES string of the molecule is CC(C)=CCNc1cc(N)cc(Cl)n1. The predicted octanol–water partition coefficient (Wildman–Crippen LogP) is 2.70. The zero-order chi connectivity index (χ0) is 10.6. The highest BCUT2D eigenvalue weighted by Gasteiger charge is 1.96. The van der Waals surface area contributed by atoms with Crippen LogP contribution in [0.25, 0.3) is 0 Å². The minimum atomic E-state index is 0.407. The fourth-order valence-corrected chi connectivity index (χ4v) is 1.18. The van der Waals surface area contributed by atoms with Crippen molar-refractivity contribution in [3.63, 3.8) is 0 Å². The molecular formula is C10H14ClN3. The number of nitrogens with zero attached hydrogens (tertiary/aromatic N) is 1. The van der Waals surface area contributed by atoms with Crippen LogP contribution in [0.15, 0.2) is 23.8 Å². The Morgan fingerprint density at radius 1 is 1.57 bits per heavy atom. The molecule has 0 bridgehead atoms. The molecule has 0 atom stereocenters. The van der Waals surface area contributed by atoms with Crippen molar-refractivity contribution in [2.45, 2.75) is 13.8 Å². The van der Waals surface area contributed by atoms with Crippen molar-refractivity contribution in [3.05, 3.63) is 28.9 Å². The second-order valence-electron chi connectivity index (χ2n) is 3.27. The Labute approximate surface area is 89.0 Å². The van der Waals surface area contributed by atoms with Crippen LogP contribution >= 0.6 is 11.6 Å². The fourth-order valence-electron chi connectivity index (χ4n) is 0.967. The van der Waals surface area contributed by atoms with Gasteiger partial charge in [-0.05, 0) is 19.9 Å².